The van der Waals surface area contributed by atoms with Crippen LogP contribution in [0.1, 0.15) is 26.5 Å². The van der Waals surface area contributed by atoms with Gasteiger partial charge in [-0.05, 0) is 38.8 Å². The van der Waals surface area contributed by atoms with Crippen LogP contribution in [0.15, 0.2) is 18.2 Å². The molecule has 0 saturated heterocycles. The number of amides is 1. The molecular formula is C13H15ClN2O2. The number of pyridine rings is 1. The van der Waals surface area contributed by atoms with Gasteiger partial charge in [0.1, 0.15) is 16.4 Å². The number of aromatic nitrogens is 1. The van der Waals surface area contributed by atoms with E-state index in [0.717, 1.165) is 0 Å². The van der Waals surface area contributed by atoms with Crippen LogP contribution in [-0.4, -0.2) is 23.2 Å². The summed E-state index contributed by atoms with van der Waals surface area (Å²) in [6, 6.07) is 5.18. The quantitative estimate of drug-likeness (QED) is 0.628. The Kier molecular flexibility index (Phi) is 4.99. The molecule has 0 aliphatic rings. The summed E-state index contributed by atoms with van der Waals surface area (Å²) in [6.45, 7) is 5.60. The van der Waals surface area contributed by atoms with E-state index in [9.17, 15) is 4.79 Å². The van der Waals surface area contributed by atoms with Gasteiger partial charge in [-0.2, -0.15) is 0 Å². The zero-order valence-corrected chi connectivity index (χ0v) is 11.3. The Bertz CT molecular complexity index is 484. The Morgan fingerprint density at radius 1 is 1.50 bits per heavy atom. The van der Waals surface area contributed by atoms with Gasteiger partial charge in [0.05, 0.1) is 6.54 Å². The van der Waals surface area contributed by atoms with Crippen LogP contribution in [0.3, 0.4) is 0 Å². The molecule has 1 aromatic rings. The van der Waals surface area contributed by atoms with E-state index in [1.807, 2.05) is 0 Å². The van der Waals surface area contributed by atoms with E-state index in [-0.39, 0.29) is 6.54 Å². The van der Waals surface area contributed by atoms with Crippen LogP contribution in [0.2, 0.25) is 5.15 Å². The maximum atomic E-state index is 11.3. The lowest BCUT2D eigenvalue weighted by molar-refractivity contribution is 0.0535. The SMILES string of the molecule is CC(C)(C)OC(=O)NCC#Cc1cccc(Cl)n1. The van der Waals surface area contributed by atoms with E-state index in [0.29, 0.717) is 10.8 Å². The number of carbonyl (C=O) groups excluding carboxylic acids is 1. The monoisotopic (exact) mass is 266 g/mol. The van der Waals surface area contributed by atoms with Gasteiger partial charge < -0.3 is 10.1 Å². The molecule has 0 aliphatic carbocycles. The first-order valence-electron chi connectivity index (χ1n) is 5.45. The molecule has 1 N–H and O–H groups in total. The number of ether oxygens (including phenoxy) is 1. The molecule has 0 radical (unpaired) electrons. The third-order valence-electron chi connectivity index (χ3n) is 1.65. The number of halogens is 1. The molecule has 4 nitrogen and oxygen atoms in total. The van der Waals surface area contributed by atoms with Gasteiger partial charge in [-0.1, -0.05) is 23.6 Å². The van der Waals surface area contributed by atoms with Crippen molar-refractivity contribution in [1.29, 1.82) is 0 Å². The van der Waals surface area contributed by atoms with Gasteiger partial charge in [0.2, 0.25) is 0 Å². The summed E-state index contributed by atoms with van der Waals surface area (Å²) < 4.78 is 5.05. The molecule has 96 valence electrons. The summed E-state index contributed by atoms with van der Waals surface area (Å²) in [4.78, 5) is 15.3. The predicted octanol–water partition coefficient (Wildman–Crippen LogP) is 2.61. The second-order valence-corrected chi connectivity index (χ2v) is 4.89. The molecule has 0 bridgehead atoms. The molecule has 0 aromatic carbocycles. The fourth-order valence-corrected chi connectivity index (χ4v) is 1.21. The molecule has 1 aromatic heterocycles. The van der Waals surface area contributed by atoms with Crippen molar-refractivity contribution in [3.8, 4) is 11.8 Å². The molecule has 18 heavy (non-hydrogen) atoms. The summed E-state index contributed by atoms with van der Waals surface area (Å²) in [5, 5.41) is 2.92. The number of nitrogens with one attached hydrogen (secondary N) is 1. The molecule has 0 unspecified atom stereocenters. The van der Waals surface area contributed by atoms with Crippen molar-refractivity contribution < 1.29 is 9.53 Å². The fourth-order valence-electron chi connectivity index (χ4n) is 1.04. The molecule has 5 heteroatoms. The summed E-state index contributed by atoms with van der Waals surface area (Å²) in [5.74, 6) is 5.55. The van der Waals surface area contributed by atoms with Crippen molar-refractivity contribution in [3.05, 3.63) is 29.0 Å². The predicted molar refractivity (Wildman–Crippen MR) is 70.4 cm³/mol. The van der Waals surface area contributed by atoms with Gasteiger partial charge in [0.15, 0.2) is 0 Å². The Balaban J connectivity index is 2.41. The first-order chi connectivity index (χ1) is 8.37. The molecule has 1 heterocycles. The van der Waals surface area contributed by atoms with Gasteiger partial charge >= 0.3 is 6.09 Å². The summed E-state index contributed by atoms with van der Waals surface area (Å²) in [6.07, 6.45) is -0.490. The van der Waals surface area contributed by atoms with Crippen molar-refractivity contribution in [2.45, 2.75) is 26.4 Å². The Hall–Kier alpha value is -1.73. The molecule has 1 amide bonds. The largest absolute Gasteiger partial charge is 0.444 e. The van der Waals surface area contributed by atoms with Crippen molar-refractivity contribution >= 4 is 17.7 Å². The molecule has 1 rings (SSSR count). The highest BCUT2D eigenvalue weighted by atomic mass is 35.5. The second-order valence-electron chi connectivity index (χ2n) is 4.50. The third kappa shape index (κ3) is 6.12. The van der Waals surface area contributed by atoms with E-state index < -0.39 is 11.7 Å². The number of hydrogen-bond acceptors (Lipinski definition) is 3. The summed E-state index contributed by atoms with van der Waals surface area (Å²) in [5.41, 5.74) is 0.0555. The van der Waals surface area contributed by atoms with Gasteiger partial charge in [0.25, 0.3) is 0 Å². The Morgan fingerprint density at radius 3 is 2.83 bits per heavy atom. The van der Waals surface area contributed by atoms with Crippen molar-refractivity contribution in [2.24, 2.45) is 0 Å². The third-order valence-corrected chi connectivity index (χ3v) is 1.86. The summed E-state index contributed by atoms with van der Waals surface area (Å²) in [7, 11) is 0. The van der Waals surface area contributed by atoms with Crippen molar-refractivity contribution in [1.82, 2.24) is 10.3 Å². The van der Waals surface area contributed by atoms with E-state index in [1.54, 1.807) is 39.0 Å². The van der Waals surface area contributed by atoms with Gasteiger partial charge in [-0.3, -0.25) is 0 Å². The number of nitrogens with zero attached hydrogens (tertiary/aromatic N) is 1. The number of alkyl carbamates (subject to hydrolysis) is 1. The maximum absolute atomic E-state index is 11.3. The lowest BCUT2D eigenvalue weighted by Crippen LogP contribution is -2.32. The lowest BCUT2D eigenvalue weighted by Gasteiger charge is -2.18. The molecular weight excluding hydrogens is 252 g/mol. The molecule has 0 spiro atoms. The van der Waals surface area contributed by atoms with E-state index >= 15 is 0 Å². The topological polar surface area (TPSA) is 51.2 Å². The minimum atomic E-state index is -0.508. The minimum Gasteiger partial charge on any atom is -0.444 e. The van der Waals surface area contributed by atoms with E-state index in [1.165, 1.54) is 0 Å². The van der Waals surface area contributed by atoms with Crippen LogP contribution in [0.25, 0.3) is 0 Å². The standard InChI is InChI=1S/C13H15ClN2O2/c1-13(2,3)18-12(17)15-9-5-7-10-6-4-8-11(14)16-10/h4,6,8H,9H2,1-3H3,(H,15,17). The zero-order chi connectivity index (χ0) is 13.6. The number of rotatable bonds is 1. The van der Waals surface area contributed by atoms with Gasteiger partial charge in [-0.25, -0.2) is 9.78 Å². The Labute approximate surface area is 112 Å². The highest BCUT2D eigenvalue weighted by molar-refractivity contribution is 6.29. The van der Waals surface area contributed by atoms with Crippen molar-refractivity contribution in [2.75, 3.05) is 6.54 Å². The Morgan fingerprint density at radius 2 is 2.22 bits per heavy atom. The number of hydrogen-bond donors (Lipinski definition) is 1. The lowest BCUT2D eigenvalue weighted by atomic mass is 10.2. The second kappa shape index (κ2) is 6.27. The minimum absolute atomic E-state index is 0.198. The normalized spacial score (nSPS) is 10.2. The number of carbonyl (C=O) groups is 1. The van der Waals surface area contributed by atoms with E-state index in [4.69, 9.17) is 16.3 Å². The van der Waals surface area contributed by atoms with Crippen LogP contribution < -0.4 is 5.32 Å². The van der Waals surface area contributed by atoms with Gasteiger partial charge in [0, 0.05) is 0 Å². The van der Waals surface area contributed by atoms with Crippen LogP contribution in [0, 0.1) is 11.8 Å². The maximum Gasteiger partial charge on any atom is 0.408 e. The molecule has 0 aliphatic heterocycles. The summed E-state index contributed by atoms with van der Waals surface area (Å²) >= 11 is 5.71. The molecule has 0 saturated carbocycles. The average Bonchev–Trinajstić information content (AvgIpc) is 2.22. The fraction of sp³-hybridized carbons (Fsp3) is 0.385. The van der Waals surface area contributed by atoms with Crippen LogP contribution in [-0.2, 0) is 4.74 Å². The van der Waals surface area contributed by atoms with Gasteiger partial charge in [-0.15, -0.1) is 0 Å². The van der Waals surface area contributed by atoms with Crippen LogP contribution in [0.4, 0.5) is 4.79 Å². The highest BCUT2D eigenvalue weighted by Crippen LogP contribution is 2.06. The molecule has 0 atom stereocenters. The molecule has 0 fully saturated rings. The average molecular weight is 267 g/mol. The van der Waals surface area contributed by atoms with Crippen LogP contribution >= 0.6 is 11.6 Å². The zero-order valence-electron chi connectivity index (χ0n) is 10.6. The van der Waals surface area contributed by atoms with E-state index in [2.05, 4.69) is 22.1 Å². The first-order valence-corrected chi connectivity index (χ1v) is 5.83. The van der Waals surface area contributed by atoms with Crippen LogP contribution in [0.5, 0.6) is 0 Å². The highest BCUT2D eigenvalue weighted by Gasteiger charge is 2.14. The van der Waals surface area contributed by atoms with Crippen molar-refractivity contribution in [3.63, 3.8) is 0 Å². The first kappa shape index (κ1) is 14.3. The smallest absolute Gasteiger partial charge is 0.408 e.